The van der Waals surface area contributed by atoms with E-state index >= 15 is 0 Å². The number of rotatable bonds is 7. The van der Waals surface area contributed by atoms with E-state index in [1.165, 1.54) is 0 Å². The summed E-state index contributed by atoms with van der Waals surface area (Å²) in [6.45, 7) is 2.08. The summed E-state index contributed by atoms with van der Waals surface area (Å²) >= 11 is 0. The molecule has 0 aliphatic rings. The van der Waals surface area contributed by atoms with E-state index in [2.05, 4.69) is 6.07 Å². The third-order valence-corrected chi connectivity index (χ3v) is 4.45. The molecule has 29 heavy (non-hydrogen) atoms. The summed E-state index contributed by atoms with van der Waals surface area (Å²) in [5.41, 5.74) is 4.13. The van der Waals surface area contributed by atoms with Crippen molar-refractivity contribution in [1.82, 2.24) is 0 Å². The number of carbonyl (C=O) groups excluding carboxylic acids is 1. The molecule has 3 aromatic rings. The van der Waals surface area contributed by atoms with Gasteiger partial charge in [-0.05, 0) is 24.6 Å². The molecule has 0 saturated heterocycles. The normalized spacial score (nSPS) is 11.2. The summed E-state index contributed by atoms with van der Waals surface area (Å²) in [5, 5.41) is 8.99. The molecule has 0 aliphatic carbocycles. The number of aliphatic imine (C=N–C) groups is 1. The van der Waals surface area contributed by atoms with Gasteiger partial charge in [0.05, 0.1) is 24.0 Å². The topological polar surface area (TPSA) is 62.5 Å². The fourth-order valence-corrected chi connectivity index (χ4v) is 3.02. The van der Waals surface area contributed by atoms with Crippen LogP contribution in [0.4, 0.5) is 0 Å². The second kappa shape index (κ2) is 10.0. The first-order valence-corrected chi connectivity index (χ1v) is 9.55. The predicted octanol–water partition coefficient (Wildman–Crippen LogP) is 4.57. The minimum atomic E-state index is -0.682. The van der Waals surface area contributed by atoms with Gasteiger partial charge in [-0.1, -0.05) is 72.8 Å². The predicted molar refractivity (Wildman–Crippen MR) is 114 cm³/mol. The highest BCUT2D eigenvalue weighted by Crippen LogP contribution is 2.16. The van der Waals surface area contributed by atoms with Crippen molar-refractivity contribution in [3.63, 3.8) is 0 Å². The van der Waals surface area contributed by atoms with Gasteiger partial charge in [0.15, 0.2) is 6.04 Å². The van der Waals surface area contributed by atoms with Crippen molar-refractivity contribution in [1.29, 1.82) is 5.26 Å². The Hall–Kier alpha value is -3.71. The molecule has 1 unspecified atom stereocenters. The maximum absolute atomic E-state index is 12.7. The van der Waals surface area contributed by atoms with Gasteiger partial charge in [0.1, 0.15) is 0 Å². The molecule has 0 aromatic heterocycles. The summed E-state index contributed by atoms with van der Waals surface area (Å²) in [6, 6.07) is 28.3. The zero-order valence-electron chi connectivity index (χ0n) is 16.3. The van der Waals surface area contributed by atoms with Crippen LogP contribution in [0.1, 0.15) is 29.2 Å². The van der Waals surface area contributed by atoms with Crippen LogP contribution >= 0.6 is 0 Å². The van der Waals surface area contributed by atoms with Crippen LogP contribution in [-0.2, 0) is 16.0 Å². The molecule has 0 N–H and O–H groups in total. The Morgan fingerprint density at radius 2 is 1.48 bits per heavy atom. The Morgan fingerprint density at radius 1 is 0.931 bits per heavy atom. The number of nitriles is 1. The van der Waals surface area contributed by atoms with Gasteiger partial charge >= 0.3 is 5.97 Å². The Labute approximate surface area is 171 Å². The molecule has 4 nitrogen and oxygen atoms in total. The zero-order chi connectivity index (χ0) is 20.5. The SMILES string of the molecule is CCOC(=O)C(Cc1ccc(C#N)cc1)N=C(c1ccccc1)c1ccccc1. The van der Waals surface area contributed by atoms with E-state index in [-0.39, 0.29) is 5.97 Å². The Balaban J connectivity index is 2.02. The lowest BCUT2D eigenvalue weighted by Gasteiger charge is -2.15. The van der Waals surface area contributed by atoms with Gasteiger partial charge in [0, 0.05) is 17.5 Å². The van der Waals surface area contributed by atoms with Gasteiger partial charge in [0.2, 0.25) is 0 Å². The van der Waals surface area contributed by atoms with Gasteiger partial charge < -0.3 is 4.74 Å². The molecule has 0 radical (unpaired) electrons. The van der Waals surface area contributed by atoms with Crippen molar-refractivity contribution in [2.75, 3.05) is 6.61 Å². The molecule has 3 rings (SSSR count). The minimum absolute atomic E-state index is 0.296. The molecular formula is C25H22N2O2. The van der Waals surface area contributed by atoms with E-state index in [0.717, 1.165) is 22.4 Å². The van der Waals surface area contributed by atoms with Crippen molar-refractivity contribution >= 4 is 11.7 Å². The van der Waals surface area contributed by atoms with Crippen LogP contribution in [0.5, 0.6) is 0 Å². The first-order chi connectivity index (χ1) is 14.2. The molecule has 0 spiro atoms. The average molecular weight is 382 g/mol. The van der Waals surface area contributed by atoms with E-state index in [0.29, 0.717) is 18.6 Å². The molecule has 144 valence electrons. The highest BCUT2D eigenvalue weighted by Gasteiger charge is 2.21. The molecule has 0 saturated carbocycles. The largest absolute Gasteiger partial charge is 0.464 e. The van der Waals surface area contributed by atoms with Crippen molar-refractivity contribution in [3.8, 4) is 6.07 Å². The van der Waals surface area contributed by atoms with Gasteiger partial charge in [0.25, 0.3) is 0 Å². The quantitative estimate of drug-likeness (QED) is 0.444. The van der Waals surface area contributed by atoms with Crippen LogP contribution < -0.4 is 0 Å². The van der Waals surface area contributed by atoms with Crippen molar-refractivity contribution in [2.24, 2.45) is 4.99 Å². The van der Waals surface area contributed by atoms with E-state index < -0.39 is 6.04 Å². The second-order valence-electron chi connectivity index (χ2n) is 6.49. The molecule has 0 amide bonds. The van der Waals surface area contributed by atoms with Gasteiger partial charge in [-0.3, -0.25) is 4.99 Å². The van der Waals surface area contributed by atoms with Gasteiger partial charge in [-0.2, -0.15) is 5.26 Å². The maximum Gasteiger partial charge on any atom is 0.331 e. The Kier molecular flexibility index (Phi) is 6.91. The molecule has 0 bridgehead atoms. The molecule has 4 heteroatoms. The minimum Gasteiger partial charge on any atom is -0.464 e. The monoisotopic (exact) mass is 382 g/mol. The second-order valence-corrected chi connectivity index (χ2v) is 6.49. The van der Waals surface area contributed by atoms with Crippen molar-refractivity contribution in [3.05, 3.63) is 107 Å². The molecular weight excluding hydrogens is 360 g/mol. The lowest BCUT2D eigenvalue weighted by molar-refractivity contribution is -0.144. The first-order valence-electron chi connectivity index (χ1n) is 9.55. The number of carbonyl (C=O) groups is 1. The Bertz CT molecular complexity index is 963. The molecule has 0 heterocycles. The highest BCUT2D eigenvalue weighted by atomic mass is 16.5. The lowest BCUT2D eigenvalue weighted by Crippen LogP contribution is -2.26. The van der Waals surface area contributed by atoms with E-state index in [9.17, 15) is 4.79 Å². The van der Waals surface area contributed by atoms with Crippen LogP contribution in [0.3, 0.4) is 0 Å². The number of benzene rings is 3. The summed E-state index contributed by atoms with van der Waals surface area (Å²) in [7, 11) is 0. The summed E-state index contributed by atoms with van der Waals surface area (Å²) in [5.74, 6) is -0.360. The smallest absolute Gasteiger partial charge is 0.331 e. The number of ether oxygens (including phenoxy) is 1. The third kappa shape index (κ3) is 5.40. The first kappa shape index (κ1) is 20.0. The fourth-order valence-electron chi connectivity index (χ4n) is 3.02. The van der Waals surface area contributed by atoms with Crippen molar-refractivity contribution < 1.29 is 9.53 Å². The molecule has 3 aromatic carbocycles. The number of nitrogens with zero attached hydrogens (tertiary/aromatic N) is 2. The standard InChI is InChI=1S/C25H22N2O2/c1-2-29-25(28)23(17-19-13-15-20(18-26)16-14-19)27-24(21-9-5-3-6-10-21)22-11-7-4-8-12-22/h3-16,23H,2,17H2,1H3. The lowest BCUT2D eigenvalue weighted by atomic mass is 10.0. The fraction of sp³-hybridized carbons (Fsp3) is 0.160. The molecule has 0 aliphatic heterocycles. The van der Waals surface area contributed by atoms with Crippen LogP contribution in [0.15, 0.2) is 89.9 Å². The van der Waals surface area contributed by atoms with Crippen LogP contribution in [0.2, 0.25) is 0 Å². The van der Waals surface area contributed by atoms with E-state index in [4.69, 9.17) is 15.0 Å². The maximum atomic E-state index is 12.7. The molecule has 0 fully saturated rings. The third-order valence-electron chi connectivity index (χ3n) is 4.45. The van der Waals surface area contributed by atoms with E-state index in [1.807, 2.05) is 72.8 Å². The number of esters is 1. The van der Waals surface area contributed by atoms with Crippen LogP contribution in [0.25, 0.3) is 0 Å². The number of hydrogen-bond acceptors (Lipinski definition) is 4. The molecule has 1 atom stereocenters. The van der Waals surface area contributed by atoms with Gasteiger partial charge in [-0.15, -0.1) is 0 Å². The number of hydrogen-bond donors (Lipinski definition) is 0. The van der Waals surface area contributed by atoms with Gasteiger partial charge in [-0.25, -0.2) is 4.79 Å². The summed E-state index contributed by atoms with van der Waals surface area (Å²) < 4.78 is 5.30. The van der Waals surface area contributed by atoms with Crippen LogP contribution in [-0.4, -0.2) is 24.3 Å². The summed E-state index contributed by atoms with van der Waals surface area (Å²) in [6.07, 6.45) is 0.397. The zero-order valence-corrected chi connectivity index (χ0v) is 16.3. The average Bonchev–Trinajstić information content (AvgIpc) is 2.78. The Morgan fingerprint density at radius 3 is 1.97 bits per heavy atom. The van der Waals surface area contributed by atoms with Crippen molar-refractivity contribution in [2.45, 2.75) is 19.4 Å². The summed E-state index contributed by atoms with van der Waals surface area (Å²) in [4.78, 5) is 17.5. The highest BCUT2D eigenvalue weighted by molar-refractivity contribution is 6.13. The van der Waals surface area contributed by atoms with E-state index in [1.54, 1.807) is 19.1 Å². The van der Waals surface area contributed by atoms with Crippen LogP contribution in [0, 0.1) is 11.3 Å².